The molecule has 0 aliphatic heterocycles. The lowest BCUT2D eigenvalue weighted by Crippen LogP contribution is -2.37. The summed E-state index contributed by atoms with van der Waals surface area (Å²) in [5.74, 6) is -0.918. The molecule has 10 nitrogen and oxygen atoms in total. The Kier molecular flexibility index (Phi) is 35.2. The Balaban J connectivity index is 4.55. The molecular formula is C46H77NO9P+. The molecule has 0 bridgehead atoms. The second-order valence-electron chi connectivity index (χ2n) is 14.8. The van der Waals surface area contributed by atoms with Gasteiger partial charge in [0, 0.05) is 12.8 Å². The zero-order valence-electron chi connectivity index (χ0n) is 35.9. The number of carbonyl (C=O) groups is 2. The molecular weight excluding hydrogens is 741 g/mol. The summed E-state index contributed by atoms with van der Waals surface area (Å²) in [5.41, 5.74) is 0. The Morgan fingerprint density at radius 1 is 0.632 bits per heavy atom. The zero-order valence-corrected chi connectivity index (χ0v) is 36.8. The number of hydrogen-bond donors (Lipinski definition) is 2. The number of nitrogens with zero attached hydrogens (tertiary/aromatic N) is 1. The molecule has 0 spiro atoms. The van der Waals surface area contributed by atoms with E-state index in [-0.39, 0.29) is 32.2 Å². The van der Waals surface area contributed by atoms with Gasteiger partial charge in [-0.1, -0.05) is 130 Å². The minimum absolute atomic E-state index is 0.00728. The van der Waals surface area contributed by atoms with Gasteiger partial charge in [0.1, 0.15) is 19.8 Å². The lowest BCUT2D eigenvalue weighted by Gasteiger charge is -2.24. The molecule has 0 saturated heterocycles. The summed E-state index contributed by atoms with van der Waals surface area (Å²) in [6.45, 7) is 3.84. The fourth-order valence-electron chi connectivity index (χ4n) is 4.84. The van der Waals surface area contributed by atoms with E-state index in [0.717, 1.165) is 70.6 Å². The van der Waals surface area contributed by atoms with Crippen molar-refractivity contribution in [2.45, 2.75) is 135 Å². The van der Waals surface area contributed by atoms with Crippen LogP contribution in [0.25, 0.3) is 0 Å². The molecule has 0 heterocycles. The van der Waals surface area contributed by atoms with Crippen molar-refractivity contribution in [3.05, 3.63) is 97.2 Å². The van der Waals surface area contributed by atoms with Crippen LogP contribution in [-0.4, -0.2) is 86.1 Å². The fraction of sp³-hybridized carbons (Fsp3) is 0.609. The van der Waals surface area contributed by atoms with Gasteiger partial charge >= 0.3 is 19.8 Å². The SMILES string of the molecule is CC/C=C\C/C=C\C/C=C\CCCCCCCC(=O)O[C@H](COC(=O)CCC/C=C\C/C=C\C/C=C\C/C=C\C=C\[C@@H](O)CC)COP(=O)(O)OCC[N+](C)(C)C. The van der Waals surface area contributed by atoms with Crippen LogP contribution in [0.4, 0.5) is 0 Å². The van der Waals surface area contributed by atoms with Crippen LogP contribution in [0.5, 0.6) is 0 Å². The molecule has 0 aromatic heterocycles. The van der Waals surface area contributed by atoms with Gasteiger partial charge in [0.05, 0.1) is 33.9 Å². The number of hydrogen-bond acceptors (Lipinski definition) is 8. The number of aliphatic hydroxyl groups excluding tert-OH is 1. The number of likely N-dealkylation sites (N-methyl/N-ethyl adjacent to an activating group) is 1. The molecule has 57 heavy (non-hydrogen) atoms. The van der Waals surface area contributed by atoms with E-state index in [0.29, 0.717) is 36.7 Å². The molecule has 0 fully saturated rings. The highest BCUT2D eigenvalue weighted by Crippen LogP contribution is 2.43. The van der Waals surface area contributed by atoms with Crippen LogP contribution >= 0.6 is 7.82 Å². The predicted octanol–water partition coefficient (Wildman–Crippen LogP) is 10.8. The summed E-state index contributed by atoms with van der Waals surface area (Å²) in [6, 6.07) is 0. The Labute approximate surface area is 346 Å². The van der Waals surface area contributed by atoms with Crippen molar-refractivity contribution in [1.29, 1.82) is 0 Å². The minimum Gasteiger partial charge on any atom is -0.462 e. The molecule has 0 aromatic rings. The summed E-state index contributed by atoms with van der Waals surface area (Å²) >= 11 is 0. The Morgan fingerprint density at radius 2 is 1.16 bits per heavy atom. The summed E-state index contributed by atoms with van der Waals surface area (Å²) in [5, 5.41) is 9.48. The first-order valence-electron chi connectivity index (χ1n) is 21.1. The zero-order chi connectivity index (χ0) is 42.3. The number of phosphoric acid groups is 1. The van der Waals surface area contributed by atoms with Crippen molar-refractivity contribution >= 4 is 19.8 Å². The van der Waals surface area contributed by atoms with Crippen molar-refractivity contribution in [2.24, 2.45) is 0 Å². The third-order valence-corrected chi connectivity index (χ3v) is 9.25. The summed E-state index contributed by atoms with van der Waals surface area (Å²) < 4.78 is 34.1. The Bertz CT molecular complexity index is 1310. The van der Waals surface area contributed by atoms with Crippen molar-refractivity contribution in [3.8, 4) is 0 Å². The van der Waals surface area contributed by atoms with Crippen molar-refractivity contribution in [3.63, 3.8) is 0 Å². The van der Waals surface area contributed by atoms with Gasteiger partial charge in [-0.25, -0.2) is 4.57 Å². The number of aliphatic hydroxyl groups is 1. The third-order valence-electron chi connectivity index (χ3n) is 8.27. The number of unbranched alkanes of at least 4 members (excludes halogenated alkanes) is 6. The second kappa shape index (κ2) is 37.2. The quantitative estimate of drug-likeness (QED) is 0.0159. The van der Waals surface area contributed by atoms with Gasteiger partial charge in [0.25, 0.3) is 0 Å². The summed E-state index contributed by atoms with van der Waals surface area (Å²) in [7, 11) is 1.39. The Hall–Kier alpha value is -3.11. The van der Waals surface area contributed by atoms with Crippen LogP contribution in [0.1, 0.15) is 123 Å². The van der Waals surface area contributed by atoms with E-state index in [2.05, 4.69) is 73.8 Å². The average Bonchev–Trinajstić information content (AvgIpc) is 3.16. The number of ether oxygens (including phenoxy) is 2. The molecule has 0 aromatic carbocycles. The van der Waals surface area contributed by atoms with Crippen LogP contribution in [-0.2, 0) is 32.7 Å². The average molecular weight is 819 g/mol. The van der Waals surface area contributed by atoms with Crippen molar-refractivity contribution in [2.75, 3.05) is 47.5 Å². The largest absolute Gasteiger partial charge is 0.472 e. The number of carbonyl (C=O) groups excluding carboxylic acids is 2. The van der Waals surface area contributed by atoms with Crippen LogP contribution in [0.2, 0.25) is 0 Å². The van der Waals surface area contributed by atoms with E-state index in [9.17, 15) is 24.2 Å². The van der Waals surface area contributed by atoms with Crippen molar-refractivity contribution < 1.29 is 47.2 Å². The molecule has 324 valence electrons. The standard InChI is InChI=1S/C46H76NO9P/c1-6-8-9-10-11-12-13-14-15-20-23-26-29-32-35-38-46(50)56-44(42-55-57(51,52)54-40-39-47(3,4)5)41-53-45(49)37-34-31-28-25-22-19-17-16-18-21-24-27-30-33-36-43(48)7-2/h8-9,11-12,14-15,17-19,21,25,27-28,30,33,36,43-44,48H,6-7,10,13,16,20,22-24,26,29,31-32,34-35,37-42H2,1-5H3/p+1/b9-8-,12-11-,15-14-,19-17-,21-18-,28-25-,30-27-,36-33+/t43-,44+/m0/s1. The maximum Gasteiger partial charge on any atom is 0.472 e. The summed E-state index contributed by atoms with van der Waals surface area (Å²) in [4.78, 5) is 35.3. The third kappa shape index (κ3) is 40.9. The summed E-state index contributed by atoms with van der Waals surface area (Å²) in [6.07, 6.45) is 45.6. The van der Waals surface area contributed by atoms with Gasteiger partial charge in [0.15, 0.2) is 6.10 Å². The molecule has 3 atom stereocenters. The molecule has 0 saturated carbocycles. The van der Waals surface area contributed by atoms with Crippen LogP contribution < -0.4 is 0 Å². The number of quaternary nitrogens is 1. The first-order chi connectivity index (χ1) is 27.4. The molecule has 0 amide bonds. The van der Waals surface area contributed by atoms with Gasteiger partial charge in [-0.15, -0.1) is 0 Å². The van der Waals surface area contributed by atoms with E-state index >= 15 is 0 Å². The van der Waals surface area contributed by atoms with E-state index in [1.54, 1.807) is 6.08 Å². The van der Waals surface area contributed by atoms with Gasteiger partial charge in [-0.3, -0.25) is 18.6 Å². The topological polar surface area (TPSA) is 129 Å². The smallest absolute Gasteiger partial charge is 0.462 e. The van der Waals surface area contributed by atoms with Crippen molar-refractivity contribution in [1.82, 2.24) is 0 Å². The minimum atomic E-state index is -4.41. The Morgan fingerprint density at radius 3 is 1.75 bits per heavy atom. The highest BCUT2D eigenvalue weighted by Gasteiger charge is 2.27. The second-order valence-corrected chi connectivity index (χ2v) is 16.3. The van der Waals surface area contributed by atoms with Gasteiger partial charge in [0.2, 0.25) is 0 Å². The molecule has 0 radical (unpaired) electrons. The first-order valence-corrected chi connectivity index (χ1v) is 22.6. The predicted molar refractivity (Wildman–Crippen MR) is 234 cm³/mol. The van der Waals surface area contributed by atoms with Crippen LogP contribution in [0.15, 0.2) is 97.2 Å². The monoisotopic (exact) mass is 819 g/mol. The molecule has 0 aliphatic carbocycles. The number of phosphoric ester groups is 1. The van der Waals surface area contributed by atoms with E-state index in [4.69, 9.17) is 18.5 Å². The molecule has 0 aliphatic rings. The van der Waals surface area contributed by atoms with Crippen LogP contribution in [0, 0.1) is 0 Å². The first kappa shape index (κ1) is 53.9. The fourth-order valence-corrected chi connectivity index (χ4v) is 5.58. The number of rotatable bonds is 36. The number of allylic oxidation sites excluding steroid dienone is 15. The van der Waals surface area contributed by atoms with E-state index in [1.807, 2.05) is 52.4 Å². The number of esters is 2. The van der Waals surface area contributed by atoms with Gasteiger partial charge < -0.3 is 24.0 Å². The highest BCUT2D eigenvalue weighted by molar-refractivity contribution is 7.47. The normalized spacial score (nSPS) is 15.1. The molecule has 11 heteroatoms. The maximum atomic E-state index is 12.7. The lowest BCUT2D eigenvalue weighted by molar-refractivity contribution is -0.870. The van der Waals surface area contributed by atoms with Gasteiger partial charge in [-0.05, 0) is 77.0 Å². The van der Waals surface area contributed by atoms with E-state index < -0.39 is 32.5 Å². The highest BCUT2D eigenvalue weighted by atomic mass is 31.2. The molecule has 0 rings (SSSR count). The van der Waals surface area contributed by atoms with Crippen LogP contribution in [0.3, 0.4) is 0 Å². The van der Waals surface area contributed by atoms with Gasteiger partial charge in [-0.2, -0.15) is 0 Å². The van der Waals surface area contributed by atoms with E-state index in [1.165, 1.54) is 0 Å². The molecule has 2 N–H and O–H groups in total. The molecule has 1 unspecified atom stereocenters. The maximum absolute atomic E-state index is 12.7. The lowest BCUT2D eigenvalue weighted by atomic mass is 10.1.